The van der Waals surface area contributed by atoms with Gasteiger partial charge in [-0.1, -0.05) is 6.92 Å². The number of nitrogens with zero attached hydrogens (tertiary/aromatic N) is 5. The van der Waals surface area contributed by atoms with Crippen molar-refractivity contribution in [3.63, 3.8) is 0 Å². The van der Waals surface area contributed by atoms with Crippen molar-refractivity contribution in [3.8, 4) is 11.5 Å². The molecule has 2 aromatic heterocycles. The molecule has 1 fully saturated rings. The lowest BCUT2D eigenvalue weighted by atomic mass is 10.2. The van der Waals surface area contributed by atoms with Crippen LogP contribution in [0.4, 0.5) is 35.0 Å². The number of fused-ring (bicyclic) bond motifs is 1. The molecule has 1 aliphatic heterocycles. The van der Waals surface area contributed by atoms with Gasteiger partial charge in [0.2, 0.25) is 11.9 Å². The van der Waals surface area contributed by atoms with E-state index in [2.05, 4.69) is 37.3 Å². The van der Waals surface area contributed by atoms with Crippen LogP contribution in [0.2, 0.25) is 0 Å². The minimum absolute atomic E-state index is 0.154. The van der Waals surface area contributed by atoms with Crippen molar-refractivity contribution in [1.29, 1.82) is 0 Å². The number of aromatic nitrogens is 3. The summed E-state index contributed by atoms with van der Waals surface area (Å²) >= 11 is 0. The number of carbonyl (C=O) groups excluding carboxylic acids is 1. The lowest BCUT2D eigenvalue weighted by molar-refractivity contribution is -0.137. The SMILES string of the molecule is CCN1CCCN(CC(=O)Nc2cc(Oc3ccc4c(c3)nc(Nc3cc(C(F)(F)F)ccc3F)n4C)ccn2)CC1. The number of benzene rings is 2. The molecule has 9 nitrogen and oxygen atoms in total. The standard InChI is InChI=1S/C29H31F4N7O2/c1-3-39-11-4-12-40(14-13-39)18-27(41)37-26-17-21(9-10-34-26)42-20-6-8-25-24(16-20)36-28(38(25)2)35-23-15-19(29(31,32)33)5-7-22(23)30/h5-10,15-17H,3-4,11-14,18H2,1-2H3,(H,35,36)(H,34,37,41). The van der Waals surface area contributed by atoms with Gasteiger partial charge in [0.05, 0.1) is 28.8 Å². The van der Waals surface area contributed by atoms with Crippen LogP contribution in [0.3, 0.4) is 0 Å². The van der Waals surface area contributed by atoms with Crippen molar-refractivity contribution in [1.82, 2.24) is 24.3 Å². The summed E-state index contributed by atoms with van der Waals surface area (Å²) < 4.78 is 61.2. The number of amides is 1. The van der Waals surface area contributed by atoms with E-state index in [0.29, 0.717) is 40.5 Å². The molecule has 0 spiro atoms. The smallest absolute Gasteiger partial charge is 0.416 e. The molecule has 2 aromatic carbocycles. The van der Waals surface area contributed by atoms with Crippen LogP contribution in [-0.2, 0) is 18.0 Å². The van der Waals surface area contributed by atoms with Crippen molar-refractivity contribution in [3.05, 3.63) is 66.1 Å². The second-order valence-corrected chi connectivity index (χ2v) is 10.1. The highest BCUT2D eigenvalue weighted by Gasteiger charge is 2.31. The fourth-order valence-corrected chi connectivity index (χ4v) is 4.84. The van der Waals surface area contributed by atoms with Crippen molar-refractivity contribution in [2.24, 2.45) is 7.05 Å². The Bertz CT molecular complexity index is 1570. The number of imidazole rings is 1. The number of halogens is 4. The number of likely N-dealkylation sites (N-methyl/N-ethyl adjacent to an activating group) is 1. The predicted molar refractivity (Wildman–Crippen MR) is 152 cm³/mol. The van der Waals surface area contributed by atoms with Crippen molar-refractivity contribution in [2.75, 3.05) is 49.9 Å². The molecular formula is C29H31F4N7O2. The zero-order valence-electron chi connectivity index (χ0n) is 23.2. The summed E-state index contributed by atoms with van der Waals surface area (Å²) in [5.41, 5.74) is -0.189. The Hall–Kier alpha value is -4.23. The number of aryl methyl sites for hydroxylation is 1. The number of alkyl halides is 3. The molecular weight excluding hydrogens is 554 g/mol. The van der Waals surface area contributed by atoms with Crippen LogP contribution in [0.1, 0.15) is 18.9 Å². The summed E-state index contributed by atoms with van der Waals surface area (Å²) in [6.45, 7) is 7.09. The monoisotopic (exact) mass is 585 g/mol. The fourth-order valence-electron chi connectivity index (χ4n) is 4.84. The summed E-state index contributed by atoms with van der Waals surface area (Å²) in [6.07, 6.45) is -2.06. The molecule has 1 amide bonds. The minimum Gasteiger partial charge on any atom is -0.457 e. The molecule has 4 aromatic rings. The molecule has 222 valence electrons. The Morgan fingerprint density at radius 1 is 1.00 bits per heavy atom. The second kappa shape index (κ2) is 12.3. The molecule has 1 aliphatic rings. The first kappa shape index (κ1) is 29.3. The van der Waals surface area contributed by atoms with Gasteiger partial charge >= 0.3 is 6.18 Å². The van der Waals surface area contributed by atoms with Gasteiger partial charge in [0, 0.05) is 38.5 Å². The highest BCUT2D eigenvalue weighted by molar-refractivity contribution is 5.91. The maximum Gasteiger partial charge on any atom is 0.416 e. The molecule has 42 heavy (non-hydrogen) atoms. The Kier molecular flexibility index (Phi) is 8.59. The Balaban J connectivity index is 1.25. The van der Waals surface area contributed by atoms with Gasteiger partial charge < -0.3 is 24.8 Å². The third-order valence-corrected chi connectivity index (χ3v) is 7.12. The largest absolute Gasteiger partial charge is 0.457 e. The van der Waals surface area contributed by atoms with Gasteiger partial charge in [-0.25, -0.2) is 14.4 Å². The van der Waals surface area contributed by atoms with E-state index in [4.69, 9.17) is 4.74 Å². The van der Waals surface area contributed by atoms with E-state index in [1.165, 1.54) is 6.20 Å². The van der Waals surface area contributed by atoms with Crippen molar-refractivity contribution in [2.45, 2.75) is 19.5 Å². The number of ether oxygens (including phenoxy) is 1. The van der Waals surface area contributed by atoms with E-state index < -0.39 is 17.6 Å². The first-order chi connectivity index (χ1) is 20.1. The molecule has 0 unspecified atom stereocenters. The average Bonchev–Trinajstić information content (AvgIpc) is 3.09. The first-order valence-electron chi connectivity index (χ1n) is 13.6. The topological polar surface area (TPSA) is 87.5 Å². The van der Waals surface area contributed by atoms with Crippen LogP contribution in [0.5, 0.6) is 11.5 Å². The molecule has 0 radical (unpaired) electrons. The number of hydrogen-bond acceptors (Lipinski definition) is 7. The van der Waals surface area contributed by atoms with Gasteiger partial charge in [0.25, 0.3) is 0 Å². The first-order valence-corrected chi connectivity index (χ1v) is 13.6. The van der Waals surface area contributed by atoms with Gasteiger partial charge in [-0.15, -0.1) is 0 Å². The van der Waals surface area contributed by atoms with E-state index in [-0.39, 0.29) is 24.1 Å². The molecule has 13 heteroatoms. The van der Waals surface area contributed by atoms with Gasteiger partial charge in [-0.2, -0.15) is 13.2 Å². The Morgan fingerprint density at radius 2 is 1.76 bits per heavy atom. The van der Waals surface area contributed by atoms with E-state index in [9.17, 15) is 22.4 Å². The molecule has 0 atom stereocenters. The fraction of sp³-hybridized carbons (Fsp3) is 0.345. The second-order valence-electron chi connectivity index (χ2n) is 10.1. The number of rotatable bonds is 8. The molecule has 0 aliphatic carbocycles. The summed E-state index contributed by atoms with van der Waals surface area (Å²) in [7, 11) is 1.66. The normalized spacial score (nSPS) is 15.0. The van der Waals surface area contributed by atoms with Crippen LogP contribution < -0.4 is 15.4 Å². The number of nitrogens with one attached hydrogen (secondary N) is 2. The zero-order valence-corrected chi connectivity index (χ0v) is 23.2. The summed E-state index contributed by atoms with van der Waals surface area (Å²) in [5, 5.41) is 5.49. The highest BCUT2D eigenvalue weighted by atomic mass is 19.4. The average molecular weight is 586 g/mol. The van der Waals surface area contributed by atoms with E-state index in [0.717, 1.165) is 45.2 Å². The summed E-state index contributed by atoms with van der Waals surface area (Å²) in [5.74, 6) is 0.391. The van der Waals surface area contributed by atoms with Crippen LogP contribution in [0.25, 0.3) is 11.0 Å². The molecule has 5 rings (SSSR count). The van der Waals surface area contributed by atoms with Crippen LogP contribution >= 0.6 is 0 Å². The Labute approximate surface area is 240 Å². The summed E-state index contributed by atoms with van der Waals surface area (Å²) in [4.78, 5) is 25.8. The van der Waals surface area contributed by atoms with Gasteiger partial charge in [-0.05, 0) is 62.5 Å². The van der Waals surface area contributed by atoms with Crippen LogP contribution in [0, 0.1) is 5.82 Å². The number of anilines is 3. The minimum atomic E-state index is -4.61. The van der Waals surface area contributed by atoms with E-state index in [1.54, 1.807) is 41.9 Å². The van der Waals surface area contributed by atoms with E-state index in [1.807, 2.05) is 0 Å². The molecule has 0 bridgehead atoms. The molecule has 1 saturated heterocycles. The lowest BCUT2D eigenvalue weighted by Crippen LogP contribution is -2.36. The molecule has 0 saturated carbocycles. The van der Waals surface area contributed by atoms with Crippen molar-refractivity contribution >= 4 is 34.4 Å². The van der Waals surface area contributed by atoms with Gasteiger partial charge in [-0.3, -0.25) is 9.69 Å². The number of carbonyl (C=O) groups is 1. The van der Waals surface area contributed by atoms with Crippen molar-refractivity contribution < 1.29 is 27.1 Å². The van der Waals surface area contributed by atoms with Gasteiger partial charge in [0.1, 0.15) is 23.1 Å². The third kappa shape index (κ3) is 6.97. The third-order valence-electron chi connectivity index (χ3n) is 7.12. The van der Waals surface area contributed by atoms with Gasteiger partial charge in [0.15, 0.2) is 0 Å². The zero-order chi connectivity index (χ0) is 29.9. The van der Waals surface area contributed by atoms with Crippen LogP contribution in [-0.4, -0.2) is 69.5 Å². The maximum absolute atomic E-state index is 14.3. The lowest BCUT2D eigenvalue weighted by Gasteiger charge is -2.20. The van der Waals surface area contributed by atoms with E-state index >= 15 is 0 Å². The Morgan fingerprint density at radius 3 is 2.55 bits per heavy atom. The maximum atomic E-state index is 14.3. The van der Waals surface area contributed by atoms with Crippen LogP contribution in [0.15, 0.2) is 54.7 Å². The summed E-state index contributed by atoms with van der Waals surface area (Å²) in [6, 6.07) is 10.5. The number of hydrogen-bond donors (Lipinski definition) is 2. The number of pyridine rings is 1. The predicted octanol–water partition coefficient (Wildman–Crippen LogP) is 5.63. The molecule has 2 N–H and O–H groups in total. The highest BCUT2D eigenvalue weighted by Crippen LogP contribution is 2.34. The quantitative estimate of drug-likeness (QED) is 0.259. The molecule has 3 heterocycles.